The molecule has 0 spiro atoms. The van der Waals surface area contributed by atoms with E-state index in [9.17, 15) is 9.90 Å². The van der Waals surface area contributed by atoms with Crippen LogP contribution in [0.2, 0.25) is 0 Å². The van der Waals surface area contributed by atoms with E-state index in [0.29, 0.717) is 19.4 Å². The van der Waals surface area contributed by atoms with Crippen LogP contribution < -0.4 is 10.1 Å². The van der Waals surface area contributed by atoms with E-state index < -0.39 is 0 Å². The number of rotatable bonds is 7. The molecule has 0 radical (unpaired) electrons. The van der Waals surface area contributed by atoms with Gasteiger partial charge in [-0.3, -0.25) is 4.79 Å². The zero-order chi connectivity index (χ0) is 14.3. The number of aliphatic hydroxyl groups excluding tert-OH is 1. The number of aliphatic hydroxyl groups is 1. The maximum absolute atomic E-state index is 11.8. The summed E-state index contributed by atoms with van der Waals surface area (Å²) < 4.78 is 5.20. The van der Waals surface area contributed by atoms with Crippen molar-refractivity contribution in [3.63, 3.8) is 0 Å². The molecule has 1 aromatic carbocycles. The topological polar surface area (TPSA) is 58.6 Å². The summed E-state index contributed by atoms with van der Waals surface area (Å²) >= 11 is 0. The quantitative estimate of drug-likeness (QED) is 0.790. The van der Waals surface area contributed by atoms with Gasteiger partial charge in [0.1, 0.15) is 5.75 Å². The second-order valence-corrected chi connectivity index (χ2v) is 4.94. The molecule has 0 fully saturated rings. The van der Waals surface area contributed by atoms with Crippen molar-refractivity contribution in [3.05, 3.63) is 29.8 Å². The number of para-hydroxylation sites is 1. The molecule has 1 atom stereocenters. The molecule has 1 amide bonds. The van der Waals surface area contributed by atoms with Gasteiger partial charge in [-0.2, -0.15) is 0 Å². The van der Waals surface area contributed by atoms with E-state index in [2.05, 4.69) is 5.32 Å². The van der Waals surface area contributed by atoms with E-state index in [1.165, 1.54) is 0 Å². The fourth-order valence-corrected chi connectivity index (χ4v) is 1.78. The van der Waals surface area contributed by atoms with Gasteiger partial charge < -0.3 is 15.2 Å². The van der Waals surface area contributed by atoms with Crippen molar-refractivity contribution < 1.29 is 14.6 Å². The Hall–Kier alpha value is -1.55. The summed E-state index contributed by atoms with van der Waals surface area (Å²) in [4.78, 5) is 11.8. The number of carbonyl (C=O) groups is 1. The van der Waals surface area contributed by atoms with Gasteiger partial charge in [0.15, 0.2) is 0 Å². The molecule has 0 heterocycles. The smallest absolute Gasteiger partial charge is 0.224 e. The maximum Gasteiger partial charge on any atom is 0.224 e. The molecule has 0 saturated heterocycles. The zero-order valence-corrected chi connectivity index (χ0v) is 11.8. The Morgan fingerprint density at radius 3 is 2.68 bits per heavy atom. The van der Waals surface area contributed by atoms with Gasteiger partial charge in [0.25, 0.3) is 0 Å². The standard InChI is InChI=1S/C15H23NO3/c1-11(2)13(17)8-9-16-15(18)10-12-6-4-5-7-14(12)19-3/h4-7,11,13,17H,8-10H2,1-3H3,(H,16,18). The van der Waals surface area contributed by atoms with E-state index in [4.69, 9.17) is 4.74 Å². The first kappa shape index (κ1) is 15.5. The number of amides is 1. The van der Waals surface area contributed by atoms with Crippen LogP contribution in [0.15, 0.2) is 24.3 Å². The minimum Gasteiger partial charge on any atom is -0.496 e. The van der Waals surface area contributed by atoms with Crippen molar-refractivity contribution in [2.45, 2.75) is 32.8 Å². The first-order valence-electron chi connectivity index (χ1n) is 6.61. The highest BCUT2D eigenvalue weighted by atomic mass is 16.5. The number of nitrogens with one attached hydrogen (secondary N) is 1. The van der Waals surface area contributed by atoms with Crippen LogP contribution in [-0.2, 0) is 11.2 Å². The molecule has 19 heavy (non-hydrogen) atoms. The Bertz CT molecular complexity index is 404. The average Bonchev–Trinajstić information content (AvgIpc) is 2.39. The lowest BCUT2D eigenvalue weighted by Gasteiger charge is -2.14. The lowest BCUT2D eigenvalue weighted by atomic mass is 10.0. The van der Waals surface area contributed by atoms with Crippen LogP contribution in [-0.4, -0.2) is 30.8 Å². The van der Waals surface area contributed by atoms with Gasteiger partial charge in [0.2, 0.25) is 5.91 Å². The molecule has 4 heteroatoms. The number of benzene rings is 1. The summed E-state index contributed by atoms with van der Waals surface area (Å²) in [6, 6.07) is 7.47. The van der Waals surface area contributed by atoms with E-state index in [1.54, 1.807) is 7.11 Å². The second kappa shape index (κ2) is 7.79. The normalized spacial score (nSPS) is 12.3. The summed E-state index contributed by atoms with van der Waals surface area (Å²) in [6.45, 7) is 4.41. The van der Waals surface area contributed by atoms with E-state index in [0.717, 1.165) is 11.3 Å². The van der Waals surface area contributed by atoms with Crippen molar-refractivity contribution in [1.29, 1.82) is 0 Å². The van der Waals surface area contributed by atoms with Gasteiger partial charge in [0, 0.05) is 12.1 Å². The summed E-state index contributed by atoms with van der Waals surface area (Å²) in [5, 5.41) is 12.5. The number of carbonyl (C=O) groups excluding carboxylic acids is 1. The van der Waals surface area contributed by atoms with Gasteiger partial charge in [0.05, 0.1) is 19.6 Å². The SMILES string of the molecule is COc1ccccc1CC(=O)NCCC(O)C(C)C. The molecule has 1 unspecified atom stereocenters. The third-order valence-corrected chi connectivity index (χ3v) is 3.08. The highest BCUT2D eigenvalue weighted by Crippen LogP contribution is 2.17. The minimum atomic E-state index is -0.369. The number of hydrogen-bond acceptors (Lipinski definition) is 3. The van der Waals surface area contributed by atoms with Crippen LogP contribution in [0.3, 0.4) is 0 Å². The Balaban J connectivity index is 2.39. The fraction of sp³-hybridized carbons (Fsp3) is 0.533. The molecule has 0 aliphatic rings. The molecule has 0 aromatic heterocycles. The molecular weight excluding hydrogens is 242 g/mol. The fourth-order valence-electron chi connectivity index (χ4n) is 1.78. The second-order valence-electron chi connectivity index (χ2n) is 4.94. The molecule has 1 aromatic rings. The summed E-state index contributed by atoms with van der Waals surface area (Å²) in [5.41, 5.74) is 0.868. The number of ether oxygens (including phenoxy) is 1. The molecule has 0 bridgehead atoms. The van der Waals surface area contributed by atoms with Crippen LogP contribution in [0.5, 0.6) is 5.75 Å². The van der Waals surface area contributed by atoms with Crippen LogP contribution in [0.25, 0.3) is 0 Å². The molecule has 0 saturated carbocycles. The lowest BCUT2D eigenvalue weighted by Crippen LogP contribution is -2.29. The van der Waals surface area contributed by atoms with Crippen molar-refractivity contribution >= 4 is 5.91 Å². The van der Waals surface area contributed by atoms with Gasteiger partial charge >= 0.3 is 0 Å². The first-order valence-corrected chi connectivity index (χ1v) is 6.61. The van der Waals surface area contributed by atoms with Crippen molar-refractivity contribution in [1.82, 2.24) is 5.32 Å². The molecule has 2 N–H and O–H groups in total. The van der Waals surface area contributed by atoms with Crippen molar-refractivity contribution in [2.75, 3.05) is 13.7 Å². The van der Waals surface area contributed by atoms with E-state index in [-0.39, 0.29) is 17.9 Å². The van der Waals surface area contributed by atoms with Crippen LogP contribution in [0, 0.1) is 5.92 Å². The lowest BCUT2D eigenvalue weighted by molar-refractivity contribution is -0.120. The Kier molecular flexibility index (Phi) is 6.36. The monoisotopic (exact) mass is 265 g/mol. The van der Waals surface area contributed by atoms with Gasteiger partial charge in [-0.25, -0.2) is 0 Å². The Morgan fingerprint density at radius 1 is 1.37 bits per heavy atom. The predicted molar refractivity (Wildman–Crippen MR) is 75.2 cm³/mol. The van der Waals surface area contributed by atoms with Crippen LogP contribution in [0.1, 0.15) is 25.8 Å². The van der Waals surface area contributed by atoms with Crippen LogP contribution >= 0.6 is 0 Å². The van der Waals surface area contributed by atoms with Gasteiger partial charge in [-0.05, 0) is 18.4 Å². The minimum absolute atomic E-state index is 0.0551. The zero-order valence-electron chi connectivity index (χ0n) is 11.8. The average molecular weight is 265 g/mol. The predicted octanol–water partition coefficient (Wildman–Crippen LogP) is 1.76. The van der Waals surface area contributed by atoms with E-state index >= 15 is 0 Å². The Morgan fingerprint density at radius 2 is 2.05 bits per heavy atom. The first-order chi connectivity index (χ1) is 9.04. The maximum atomic E-state index is 11.8. The molecule has 0 aliphatic heterocycles. The largest absolute Gasteiger partial charge is 0.496 e. The van der Waals surface area contributed by atoms with E-state index in [1.807, 2.05) is 38.1 Å². The van der Waals surface area contributed by atoms with Crippen LogP contribution in [0.4, 0.5) is 0 Å². The molecule has 106 valence electrons. The highest BCUT2D eigenvalue weighted by Gasteiger charge is 2.11. The van der Waals surface area contributed by atoms with Crippen molar-refractivity contribution in [2.24, 2.45) is 5.92 Å². The molecular formula is C15H23NO3. The summed E-state index contributed by atoms with van der Waals surface area (Å²) in [6.07, 6.45) is 0.503. The third kappa shape index (κ3) is 5.30. The molecule has 1 rings (SSSR count). The van der Waals surface area contributed by atoms with Crippen molar-refractivity contribution in [3.8, 4) is 5.75 Å². The number of methoxy groups -OCH3 is 1. The molecule has 0 aliphatic carbocycles. The third-order valence-electron chi connectivity index (χ3n) is 3.08. The summed E-state index contributed by atoms with van der Waals surface area (Å²) in [5.74, 6) is 0.881. The van der Waals surface area contributed by atoms with Gasteiger partial charge in [-0.1, -0.05) is 32.0 Å². The highest BCUT2D eigenvalue weighted by molar-refractivity contribution is 5.79. The summed E-state index contributed by atoms with van der Waals surface area (Å²) in [7, 11) is 1.59. The Labute approximate surface area is 114 Å². The van der Waals surface area contributed by atoms with Gasteiger partial charge in [-0.15, -0.1) is 0 Å². The number of hydrogen-bond donors (Lipinski definition) is 2. The molecule has 4 nitrogen and oxygen atoms in total.